The van der Waals surface area contributed by atoms with E-state index in [0.29, 0.717) is 6.54 Å². The fourth-order valence-corrected chi connectivity index (χ4v) is 4.29. The van der Waals surface area contributed by atoms with E-state index in [2.05, 4.69) is 25.2 Å². The molecule has 0 aliphatic rings. The van der Waals surface area contributed by atoms with Crippen LogP contribution in [-0.2, 0) is 27.7 Å². The zero-order valence-electron chi connectivity index (χ0n) is 17.0. The predicted octanol–water partition coefficient (Wildman–Crippen LogP) is 1.90. The second-order valence-corrected chi connectivity index (χ2v) is 9.17. The van der Waals surface area contributed by atoms with E-state index in [-0.39, 0.29) is 23.0 Å². The molecule has 28 heavy (non-hydrogen) atoms. The summed E-state index contributed by atoms with van der Waals surface area (Å²) in [5.41, 5.74) is 3.30. The fourth-order valence-electron chi connectivity index (χ4n) is 3.04. The molecule has 0 saturated heterocycles. The number of quaternary nitrogens is 1. The Labute approximate surface area is 168 Å². The maximum atomic E-state index is 12.4. The molecule has 0 heterocycles. The number of hydrogen-bond acceptors (Lipinski definition) is 3. The van der Waals surface area contributed by atoms with Gasteiger partial charge in [-0.1, -0.05) is 42.0 Å². The highest BCUT2D eigenvalue weighted by molar-refractivity contribution is 7.91. The highest BCUT2D eigenvalue weighted by atomic mass is 32.2. The molecule has 0 unspecified atom stereocenters. The van der Waals surface area contributed by atoms with E-state index in [0.717, 1.165) is 30.8 Å². The van der Waals surface area contributed by atoms with Crippen LogP contribution in [0.5, 0.6) is 0 Å². The van der Waals surface area contributed by atoms with Crippen LogP contribution in [-0.4, -0.2) is 33.2 Å². The maximum absolute atomic E-state index is 12.4. The van der Waals surface area contributed by atoms with Crippen molar-refractivity contribution in [3.05, 3.63) is 65.2 Å². The monoisotopic (exact) mass is 403 g/mol. The van der Waals surface area contributed by atoms with Crippen LogP contribution in [0.1, 0.15) is 37.0 Å². The first-order valence-corrected chi connectivity index (χ1v) is 11.5. The Hall–Kier alpha value is -2.18. The average molecular weight is 404 g/mol. The van der Waals surface area contributed by atoms with E-state index >= 15 is 0 Å². The third-order valence-electron chi connectivity index (χ3n) is 5.01. The van der Waals surface area contributed by atoms with Crippen LogP contribution >= 0.6 is 0 Å². The van der Waals surface area contributed by atoms with Crippen molar-refractivity contribution in [3.8, 4) is 0 Å². The van der Waals surface area contributed by atoms with Gasteiger partial charge in [0.05, 0.1) is 23.7 Å². The van der Waals surface area contributed by atoms with Gasteiger partial charge < -0.3 is 10.2 Å². The van der Waals surface area contributed by atoms with Crippen LogP contribution in [0, 0.1) is 6.92 Å². The molecular formula is C22H31N2O3S+. The Morgan fingerprint density at radius 2 is 1.57 bits per heavy atom. The summed E-state index contributed by atoms with van der Waals surface area (Å²) in [5.74, 6) is -0.437. The summed E-state index contributed by atoms with van der Waals surface area (Å²) in [6.07, 6.45) is -0.0420. The van der Waals surface area contributed by atoms with E-state index in [1.165, 1.54) is 10.5 Å². The van der Waals surface area contributed by atoms with E-state index in [9.17, 15) is 13.2 Å². The molecule has 2 N–H and O–H groups in total. The van der Waals surface area contributed by atoms with Crippen molar-refractivity contribution in [3.63, 3.8) is 0 Å². The smallest absolute Gasteiger partial charge is 0.221 e. The third-order valence-corrected chi connectivity index (χ3v) is 6.74. The molecule has 0 radical (unpaired) electrons. The normalized spacial score (nSPS) is 11.6. The summed E-state index contributed by atoms with van der Waals surface area (Å²) in [6.45, 7) is 9.67. The first kappa shape index (κ1) is 22.1. The second kappa shape index (κ2) is 10.4. The van der Waals surface area contributed by atoms with Crippen molar-refractivity contribution in [1.82, 2.24) is 5.32 Å². The second-order valence-electron chi connectivity index (χ2n) is 7.06. The number of rotatable bonds is 10. The Morgan fingerprint density at radius 3 is 2.18 bits per heavy atom. The number of carbonyl (C=O) groups excluding carboxylic acids is 1. The van der Waals surface area contributed by atoms with E-state index in [4.69, 9.17) is 0 Å². The van der Waals surface area contributed by atoms with Gasteiger partial charge in [0.1, 0.15) is 6.54 Å². The van der Waals surface area contributed by atoms with Crippen molar-refractivity contribution >= 4 is 15.7 Å². The fraction of sp³-hybridized carbons (Fsp3) is 0.409. The van der Waals surface area contributed by atoms with Gasteiger partial charge in [0.15, 0.2) is 9.84 Å². The minimum absolute atomic E-state index is 0.0420. The van der Waals surface area contributed by atoms with Crippen LogP contribution in [0.3, 0.4) is 0 Å². The van der Waals surface area contributed by atoms with Gasteiger partial charge in [0, 0.05) is 18.5 Å². The van der Waals surface area contributed by atoms with Gasteiger partial charge in [-0.3, -0.25) is 4.79 Å². The highest BCUT2D eigenvalue weighted by Crippen LogP contribution is 2.13. The summed E-state index contributed by atoms with van der Waals surface area (Å²) >= 11 is 0. The van der Waals surface area contributed by atoms with Crippen LogP contribution in [0.25, 0.3) is 0 Å². The summed E-state index contributed by atoms with van der Waals surface area (Å²) < 4.78 is 24.8. The molecule has 0 atom stereocenters. The standard InChI is InChI=1S/C22H30N2O3S/c1-4-24(5-2)17-20-9-7-6-8-19(20)16-23-22(25)14-15-28(26,27)21-12-10-18(3)11-13-21/h6-13H,4-5,14-17H2,1-3H3,(H,23,25)/p+1. The topological polar surface area (TPSA) is 67.7 Å². The van der Waals surface area contributed by atoms with Crippen molar-refractivity contribution in [2.45, 2.75) is 45.2 Å². The lowest BCUT2D eigenvalue weighted by molar-refractivity contribution is -0.910. The molecule has 0 aliphatic carbocycles. The molecule has 0 fully saturated rings. The van der Waals surface area contributed by atoms with Gasteiger partial charge in [-0.05, 0) is 38.5 Å². The van der Waals surface area contributed by atoms with Gasteiger partial charge >= 0.3 is 0 Å². The molecule has 6 heteroatoms. The zero-order valence-corrected chi connectivity index (χ0v) is 17.8. The van der Waals surface area contributed by atoms with Crippen LogP contribution in [0.2, 0.25) is 0 Å². The molecule has 152 valence electrons. The molecular weight excluding hydrogens is 372 g/mol. The molecule has 1 amide bonds. The molecule has 0 aromatic heterocycles. The third kappa shape index (κ3) is 6.46. The summed E-state index contributed by atoms with van der Waals surface area (Å²) in [7, 11) is -3.45. The number of nitrogens with one attached hydrogen (secondary N) is 2. The number of benzene rings is 2. The SMILES string of the molecule is CC[NH+](CC)Cc1ccccc1CNC(=O)CCS(=O)(=O)c1ccc(C)cc1. The number of sulfone groups is 1. The number of amides is 1. The Morgan fingerprint density at radius 1 is 0.964 bits per heavy atom. The lowest BCUT2D eigenvalue weighted by Crippen LogP contribution is -3.10. The molecule has 0 bridgehead atoms. The molecule has 0 spiro atoms. The number of aryl methyl sites for hydroxylation is 1. The van der Waals surface area contributed by atoms with E-state index < -0.39 is 9.84 Å². The molecule has 2 aromatic carbocycles. The van der Waals surface area contributed by atoms with Gasteiger partial charge in [0.2, 0.25) is 5.91 Å². The lowest BCUT2D eigenvalue weighted by atomic mass is 10.1. The molecule has 0 saturated carbocycles. The number of carbonyl (C=O) groups is 1. The van der Waals surface area contributed by atoms with Crippen molar-refractivity contribution in [2.75, 3.05) is 18.8 Å². The van der Waals surface area contributed by atoms with E-state index in [1.54, 1.807) is 24.3 Å². The largest absolute Gasteiger partial charge is 0.352 e. The summed E-state index contributed by atoms with van der Waals surface area (Å²) in [5, 5.41) is 2.87. The Bertz CT molecular complexity index is 873. The number of hydrogen-bond donors (Lipinski definition) is 2. The first-order valence-electron chi connectivity index (χ1n) is 9.82. The van der Waals surface area contributed by atoms with Gasteiger partial charge in [-0.2, -0.15) is 0 Å². The van der Waals surface area contributed by atoms with Crippen LogP contribution in [0.4, 0.5) is 0 Å². The molecule has 2 rings (SSSR count). The molecule has 5 nitrogen and oxygen atoms in total. The Kier molecular flexibility index (Phi) is 8.20. The van der Waals surface area contributed by atoms with Crippen LogP contribution in [0.15, 0.2) is 53.4 Å². The quantitative estimate of drug-likeness (QED) is 0.637. The first-order chi connectivity index (χ1) is 13.4. The minimum atomic E-state index is -3.45. The van der Waals surface area contributed by atoms with Gasteiger partial charge in [0.25, 0.3) is 0 Å². The highest BCUT2D eigenvalue weighted by Gasteiger charge is 2.16. The zero-order chi connectivity index (χ0) is 20.6. The minimum Gasteiger partial charge on any atom is -0.352 e. The predicted molar refractivity (Wildman–Crippen MR) is 112 cm³/mol. The summed E-state index contributed by atoms with van der Waals surface area (Å²) in [4.78, 5) is 14.0. The van der Waals surface area contributed by atoms with Gasteiger partial charge in [-0.15, -0.1) is 0 Å². The van der Waals surface area contributed by atoms with E-state index in [1.807, 2.05) is 25.1 Å². The maximum Gasteiger partial charge on any atom is 0.221 e. The van der Waals surface area contributed by atoms with Crippen molar-refractivity contribution in [2.24, 2.45) is 0 Å². The van der Waals surface area contributed by atoms with Gasteiger partial charge in [-0.25, -0.2) is 8.42 Å². The lowest BCUT2D eigenvalue weighted by Gasteiger charge is -2.18. The summed E-state index contributed by atoms with van der Waals surface area (Å²) in [6, 6.07) is 14.8. The van der Waals surface area contributed by atoms with Crippen molar-refractivity contribution < 1.29 is 18.1 Å². The van der Waals surface area contributed by atoms with Crippen LogP contribution < -0.4 is 10.2 Å². The van der Waals surface area contributed by atoms with Crippen molar-refractivity contribution in [1.29, 1.82) is 0 Å². The Balaban J connectivity index is 1.91. The average Bonchev–Trinajstić information content (AvgIpc) is 2.70. The molecule has 0 aliphatic heterocycles. The molecule has 2 aromatic rings.